The lowest BCUT2D eigenvalue weighted by Gasteiger charge is -2.05. The Balaban J connectivity index is 1.97. The third-order valence-corrected chi connectivity index (χ3v) is 3.94. The van der Waals surface area contributed by atoms with Gasteiger partial charge in [0.15, 0.2) is 0 Å². The number of carbonyl (C=O) groups is 1. The van der Waals surface area contributed by atoms with Gasteiger partial charge in [0.05, 0.1) is 25.7 Å². The van der Waals surface area contributed by atoms with E-state index in [-0.39, 0.29) is 11.7 Å². The average Bonchev–Trinajstić information content (AvgIpc) is 3.02. The van der Waals surface area contributed by atoms with E-state index in [1.807, 2.05) is 30.3 Å². The number of esters is 1. The number of hydrogen-bond acceptors (Lipinski definition) is 7. The van der Waals surface area contributed by atoms with Gasteiger partial charge in [0, 0.05) is 11.8 Å². The zero-order valence-electron chi connectivity index (χ0n) is 12.6. The zero-order valence-corrected chi connectivity index (χ0v) is 13.4. The van der Waals surface area contributed by atoms with E-state index < -0.39 is 0 Å². The number of rotatable bonds is 5. The van der Waals surface area contributed by atoms with Crippen LogP contribution in [0.2, 0.25) is 0 Å². The first-order chi connectivity index (χ1) is 11.2. The summed E-state index contributed by atoms with van der Waals surface area (Å²) in [5.74, 6) is 1.06. The lowest BCUT2D eigenvalue weighted by atomic mass is 10.1. The van der Waals surface area contributed by atoms with Crippen molar-refractivity contribution < 1.29 is 14.3 Å². The molecule has 1 aromatic carbocycles. The molecule has 0 saturated heterocycles. The fourth-order valence-corrected chi connectivity index (χ4v) is 2.67. The smallest absolute Gasteiger partial charge is 0.316 e. The molecule has 0 spiro atoms. The van der Waals surface area contributed by atoms with Crippen LogP contribution in [-0.4, -0.2) is 45.5 Å². The molecule has 0 amide bonds. The standard InChI is InChI=1S/C15H14N4O3S/c1-21-11-5-3-4-10(8-11)12-6-7-16-14-17-15(18-19(12)14)23-9-13(20)22-2/h3-8H,9H2,1-2H3. The van der Waals surface area contributed by atoms with Crippen molar-refractivity contribution in [1.29, 1.82) is 0 Å². The second kappa shape index (κ2) is 6.66. The van der Waals surface area contributed by atoms with E-state index in [9.17, 15) is 4.79 Å². The predicted octanol–water partition coefficient (Wildman–Crippen LogP) is 2.06. The molecule has 0 bridgehead atoms. The van der Waals surface area contributed by atoms with Crippen molar-refractivity contribution >= 4 is 23.5 Å². The van der Waals surface area contributed by atoms with E-state index in [0.29, 0.717) is 10.9 Å². The van der Waals surface area contributed by atoms with Gasteiger partial charge in [0.1, 0.15) is 5.75 Å². The summed E-state index contributed by atoms with van der Waals surface area (Å²) in [6.07, 6.45) is 1.67. The fraction of sp³-hybridized carbons (Fsp3) is 0.200. The lowest BCUT2D eigenvalue weighted by molar-refractivity contribution is -0.137. The van der Waals surface area contributed by atoms with Crippen LogP contribution in [0.25, 0.3) is 17.0 Å². The molecule has 7 nitrogen and oxygen atoms in total. The molecule has 118 valence electrons. The van der Waals surface area contributed by atoms with E-state index in [2.05, 4.69) is 19.8 Å². The number of methoxy groups -OCH3 is 2. The minimum atomic E-state index is -0.324. The fourth-order valence-electron chi connectivity index (χ4n) is 2.02. The Morgan fingerprint density at radius 1 is 1.30 bits per heavy atom. The molecule has 3 rings (SSSR count). The highest BCUT2D eigenvalue weighted by atomic mass is 32.2. The highest BCUT2D eigenvalue weighted by Gasteiger charge is 2.12. The van der Waals surface area contributed by atoms with Crippen molar-refractivity contribution in [3.63, 3.8) is 0 Å². The molecule has 0 radical (unpaired) electrons. The van der Waals surface area contributed by atoms with Gasteiger partial charge < -0.3 is 9.47 Å². The van der Waals surface area contributed by atoms with E-state index in [1.165, 1.54) is 18.9 Å². The summed E-state index contributed by atoms with van der Waals surface area (Å²) in [5.41, 5.74) is 1.78. The van der Waals surface area contributed by atoms with Crippen LogP contribution < -0.4 is 4.74 Å². The van der Waals surface area contributed by atoms with Crippen molar-refractivity contribution in [2.24, 2.45) is 0 Å². The third kappa shape index (κ3) is 3.26. The van der Waals surface area contributed by atoms with E-state index in [1.54, 1.807) is 17.8 Å². The topological polar surface area (TPSA) is 78.6 Å². The Kier molecular flexibility index (Phi) is 4.42. The van der Waals surface area contributed by atoms with Crippen LogP contribution in [0.1, 0.15) is 0 Å². The van der Waals surface area contributed by atoms with Gasteiger partial charge in [0.2, 0.25) is 5.16 Å². The molecule has 0 saturated carbocycles. The van der Waals surface area contributed by atoms with Gasteiger partial charge in [-0.15, -0.1) is 5.10 Å². The van der Waals surface area contributed by atoms with Crippen molar-refractivity contribution in [2.75, 3.05) is 20.0 Å². The summed E-state index contributed by atoms with van der Waals surface area (Å²) < 4.78 is 11.5. The minimum absolute atomic E-state index is 0.155. The largest absolute Gasteiger partial charge is 0.497 e. The van der Waals surface area contributed by atoms with Crippen LogP contribution >= 0.6 is 11.8 Å². The molecule has 8 heteroatoms. The number of aromatic nitrogens is 4. The van der Waals surface area contributed by atoms with Crippen LogP contribution in [0, 0.1) is 0 Å². The van der Waals surface area contributed by atoms with Crippen LogP contribution in [0.4, 0.5) is 0 Å². The predicted molar refractivity (Wildman–Crippen MR) is 85.5 cm³/mol. The minimum Gasteiger partial charge on any atom is -0.497 e. The molecule has 2 heterocycles. The summed E-state index contributed by atoms with van der Waals surface area (Å²) in [6.45, 7) is 0. The molecule has 0 atom stereocenters. The first kappa shape index (κ1) is 15.3. The van der Waals surface area contributed by atoms with Crippen LogP contribution in [0.3, 0.4) is 0 Å². The highest BCUT2D eigenvalue weighted by molar-refractivity contribution is 7.99. The first-order valence-electron chi connectivity index (χ1n) is 6.77. The Hall–Kier alpha value is -2.61. The molecule has 0 aliphatic rings. The maximum atomic E-state index is 11.2. The zero-order chi connectivity index (χ0) is 16.2. The van der Waals surface area contributed by atoms with Gasteiger partial charge in [-0.2, -0.15) is 9.50 Å². The van der Waals surface area contributed by atoms with E-state index >= 15 is 0 Å². The normalized spacial score (nSPS) is 10.7. The summed E-state index contributed by atoms with van der Waals surface area (Å²) in [4.78, 5) is 19.7. The number of carbonyl (C=O) groups excluding carboxylic acids is 1. The molecule has 0 aliphatic heterocycles. The SMILES string of the molecule is COC(=O)CSc1nc2nccc(-c3cccc(OC)c3)n2n1. The Morgan fingerprint density at radius 2 is 2.17 bits per heavy atom. The Labute approximate surface area is 136 Å². The maximum Gasteiger partial charge on any atom is 0.316 e. The number of thioether (sulfide) groups is 1. The van der Waals surface area contributed by atoms with Crippen molar-refractivity contribution in [2.45, 2.75) is 5.16 Å². The lowest BCUT2D eigenvalue weighted by Crippen LogP contribution is -2.03. The van der Waals surface area contributed by atoms with Gasteiger partial charge in [-0.05, 0) is 18.2 Å². The van der Waals surface area contributed by atoms with Crippen LogP contribution in [0.5, 0.6) is 5.75 Å². The van der Waals surface area contributed by atoms with E-state index in [0.717, 1.165) is 17.0 Å². The molecular formula is C15H14N4O3S. The number of benzene rings is 1. The number of fused-ring (bicyclic) bond motifs is 1. The van der Waals surface area contributed by atoms with Gasteiger partial charge in [-0.1, -0.05) is 23.9 Å². The van der Waals surface area contributed by atoms with Crippen molar-refractivity contribution in [3.8, 4) is 17.0 Å². The molecule has 23 heavy (non-hydrogen) atoms. The first-order valence-corrected chi connectivity index (χ1v) is 7.75. The molecular weight excluding hydrogens is 316 g/mol. The van der Waals surface area contributed by atoms with Crippen molar-refractivity contribution in [1.82, 2.24) is 19.6 Å². The molecule has 0 fully saturated rings. The van der Waals surface area contributed by atoms with Gasteiger partial charge >= 0.3 is 5.97 Å². The maximum absolute atomic E-state index is 11.2. The number of nitrogens with zero attached hydrogens (tertiary/aromatic N) is 4. The van der Waals surface area contributed by atoms with E-state index in [4.69, 9.17) is 4.74 Å². The van der Waals surface area contributed by atoms with Gasteiger partial charge in [-0.3, -0.25) is 4.79 Å². The van der Waals surface area contributed by atoms with Gasteiger partial charge in [-0.25, -0.2) is 4.98 Å². The Bertz CT molecular complexity index is 850. The monoisotopic (exact) mass is 330 g/mol. The number of hydrogen-bond donors (Lipinski definition) is 0. The van der Waals surface area contributed by atoms with Crippen LogP contribution in [0.15, 0.2) is 41.7 Å². The third-order valence-electron chi connectivity index (χ3n) is 3.13. The number of ether oxygens (including phenoxy) is 2. The molecule has 0 N–H and O–H groups in total. The Morgan fingerprint density at radius 3 is 2.96 bits per heavy atom. The van der Waals surface area contributed by atoms with Crippen LogP contribution in [-0.2, 0) is 9.53 Å². The quantitative estimate of drug-likeness (QED) is 0.523. The van der Waals surface area contributed by atoms with Gasteiger partial charge in [0.25, 0.3) is 5.78 Å². The molecule has 0 unspecified atom stereocenters. The van der Waals surface area contributed by atoms with Crippen molar-refractivity contribution in [3.05, 3.63) is 36.5 Å². The summed E-state index contributed by atoms with van der Waals surface area (Å²) in [5, 5.41) is 4.88. The second-order valence-corrected chi connectivity index (χ2v) is 5.48. The highest BCUT2D eigenvalue weighted by Crippen LogP contribution is 2.24. The summed E-state index contributed by atoms with van der Waals surface area (Å²) in [6, 6.07) is 9.51. The average molecular weight is 330 g/mol. The second-order valence-electron chi connectivity index (χ2n) is 4.53. The summed E-state index contributed by atoms with van der Waals surface area (Å²) in [7, 11) is 2.97. The molecule has 2 aromatic heterocycles. The molecule has 0 aliphatic carbocycles. The molecule has 3 aromatic rings. The summed E-state index contributed by atoms with van der Waals surface area (Å²) >= 11 is 1.21.